The molecule has 1 N–H and O–H groups in total. The zero-order chi connectivity index (χ0) is 13.6. The molecule has 1 aliphatic heterocycles. The van der Waals surface area contributed by atoms with Gasteiger partial charge < -0.3 is 9.88 Å². The number of ketones is 1. The van der Waals surface area contributed by atoms with E-state index in [9.17, 15) is 4.79 Å². The molecule has 0 unspecified atom stereocenters. The van der Waals surface area contributed by atoms with Crippen LogP contribution in [0.5, 0.6) is 0 Å². The second-order valence-corrected chi connectivity index (χ2v) is 6.15. The maximum Gasteiger partial charge on any atom is 0.142 e. The van der Waals surface area contributed by atoms with E-state index in [1.165, 1.54) is 6.42 Å². The summed E-state index contributed by atoms with van der Waals surface area (Å²) in [4.78, 5) is 25.7. The summed E-state index contributed by atoms with van der Waals surface area (Å²) in [6, 6.07) is 2.04. The summed E-state index contributed by atoms with van der Waals surface area (Å²) in [5.74, 6) is 1.47. The lowest BCUT2D eigenvalue weighted by molar-refractivity contribution is -0.122. The Bertz CT molecular complexity index is 653. The summed E-state index contributed by atoms with van der Waals surface area (Å²) in [5.41, 5.74) is 1.23. The molecule has 2 fully saturated rings. The van der Waals surface area contributed by atoms with Crippen LogP contribution >= 0.6 is 0 Å². The Hall–Kier alpha value is -1.91. The Labute approximate surface area is 117 Å². The second kappa shape index (κ2) is 4.30. The highest BCUT2D eigenvalue weighted by molar-refractivity contribution is 5.87. The third-order valence-corrected chi connectivity index (χ3v) is 4.94. The number of aromatic amines is 1. The molecule has 0 atom stereocenters. The van der Waals surface area contributed by atoms with Crippen LogP contribution in [0.4, 0.5) is 5.82 Å². The zero-order valence-corrected chi connectivity index (χ0v) is 11.4. The van der Waals surface area contributed by atoms with Crippen molar-refractivity contribution in [3.05, 3.63) is 18.6 Å². The normalized spacial score (nSPS) is 22.0. The molecule has 2 aromatic rings. The third-order valence-electron chi connectivity index (χ3n) is 4.94. The summed E-state index contributed by atoms with van der Waals surface area (Å²) in [6.07, 6.45) is 8.33. The van der Waals surface area contributed by atoms with E-state index in [0.717, 1.165) is 55.6 Å². The van der Waals surface area contributed by atoms with Gasteiger partial charge in [-0.2, -0.15) is 0 Å². The van der Waals surface area contributed by atoms with E-state index in [4.69, 9.17) is 0 Å². The SMILES string of the molecule is O=C1CCC2(CC1)CCN(c1ncnc3[nH]ccc13)C2. The lowest BCUT2D eigenvalue weighted by Gasteiger charge is -2.32. The highest BCUT2D eigenvalue weighted by Crippen LogP contribution is 2.44. The van der Waals surface area contributed by atoms with Crippen LogP contribution in [0.1, 0.15) is 32.1 Å². The molecule has 4 rings (SSSR count). The Morgan fingerprint density at radius 3 is 2.90 bits per heavy atom. The van der Waals surface area contributed by atoms with Gasteiger partial charge in [0.1, 0.15) is 23.6 Å². The van der Waals surface area contributed by atoms with Crippen LogP contribution in [0.25, 0.3) is 11.0 Å². The quantitative estimate of drug-likeness (QED) is 0.863. The predicted octanol–water partition coefficient (Wildman–Crippen LogP) is 2.30. The maximum atomic E-state index is 11.5. The number of hydrogen-bond donors (Lipinski definition) is 1. The largest absolute Gasteiger partial charge is 0.355 e. The minimum atomic E-state index is 0.335. The van der Waals surface area contributed by atoms with Crippen molar-refractivity contribution in [1.29, 1.82) is 0 Å². The molecule has 3 heterocycles. The van der Waals surface area contributed by atoms with Crippen LogP contribution in [-0.4, -0.2) is 33.8 Å². The summed E-state index contributed by atoms with van der Waals surface area (Å²) in [6.45, 7) is 2.06. The van der Waals surface area contributed by atoms with Crippen LogP contribution in [-0.2, 0) is 4.79 Å². The van der Waals surface area contributed by atoms with Gasteiger partial charge >= 0.3 is 0 Å². The van der Waals surface area contributed by atoms with E-state index < -0.39 is 0 Å². The number of nitrogens with one attached hydrogen (secondary N) is 1. The van der Waals surface area contributed by atoms with E-state index in [0.29, 0.717) is 11.2 Å². The fraction of sp³-hybridized carbons (Fsp3) is 0.533. The zero-order valence-electron chi connectivity index (χ0n) is 11.4. The monoisotopic (exact) mass is 270 g/mol. The van der Waals surface area contributed by atoms with Gasteiger partial charge in [0.25, 0.3) is 0 Å². The molecular formula is C15H18N4O. The van der Waals surface area contributed by atoms with Gasteiger partial charge in [0, 0.05) is 32.1 Å². The van der Waals surface area contributed by atoms with Gasteiger partial charge in [-0.15, -0.1) is 0 Å². The van der Waals surface area contributed by atoms with Crippen molar-refractivity contribution < 1.29 is 4.79 Å². The highest BCUT2D eigenvalue weighted by atomic mass is 16.1. The van der Waals surface area contributed by atoms with Crippen molar-refractivity contribution >= 4 is 22.6 Å². The highest BCUT2D eigenvalue weighted by Gasteiger charge is 2.41. The van der Waals surface area contributed by atoms with Crippen molar-refractivity contribution in [1.82, 2.24) is 15.0 Å². The van der Waals surface area contributed by atoms with Gasteiger partial charge in [-0.05, 0) is 30.7 Å². The number of aromatic nitrogens is 3. The average Bonchev–Trinajstić information content (AvgIpc) is 3.09. The molecule has 1 spiro atoms. The first-order chi connectivity index (χ1) is 9.76. The molecule has 0 radical (unpaired) electrons. The van der Waals surface area contributed by atoms with Gasteiger partial charge in [0.15, 0.2) is 0 Å². The smallest absolute Gasteiger partial charge is 0.142 e. The van der Waals surface area contributed by atoms with Gasteiger partial charge in [0.05, 0.1) is 5.39 Å². The number of fused-ring (bicyclic) bond motifs is 1. The standard InChI is InChI=1S/C15H18N4O/c20-11-1-4-15(5-2-11)6-8-19(9-15)14-12-3-7-16-13(12)17-10-18-14/h3,7,10H,1-2,4-6,8-9H2,(H,16,17,18). The van der Waals surface area contributed by atoms with Crippen molar-refractivity contribution in [2.24, 2.45) is 5.41 Å². The van der Waals surface area contributed by atoms with E-state index >= 15 is 0 Å². The molecule has 0 aromatic carbocycles. The van der Waals surface area contributed by atoms with Crippen molar-refractivity contribution in [2.75, 3.05) is 18.0 Å². The summed E-state index contributed by atoms with van der Waals surface area (Å²) in [5, 5.41) is 1.09. The molecule has 5 nitrogen and oxygen atoms in total. The first-order valence-corrected chi connectivity index (χ1v) is 7.31. The summed E-state index contributed by atoms with van der Waals surface area (Å²) in [7, 11) is 0. The predicted molar refractivity (Wildman–Crippen MR) is 76.6 cm³/mol. The van der Waals surface area contributed by atoms with Crippen molar-refractivity contribution in [3.8, 4) is 0 Å². The van der Waals surface area contributed by atoms with E-state index in [-0.39, 0.29) is 0 Å². The minimum Gasteiger partial charge on any atom is -0.355 e. The number of Topliss-reactive ketones (excluding diaryl/α,β-unsaturated/α-hetero) is 1. The van der Waals surface area contributed by atoms with Gasteiger partial charge in [-0.1, -0.05) is 0 Å². The number of hydrogen-bond acceptors (Lipinski definition) is 4. The van der Waals surface area contributed by atoms with Gasteiger partial charge in [-0.3, -0.25) is 4.79 Å². The van der Waals surface area contributed by atoms with Crippen LogP contribution in [0.15, 0.2) is 18.6 Å². The molecule has 1 saturated carbocycles. The molecule has 20 heavy (non-hydrogen) atoms. The lowest BCUT2D eigenvalue weighted by atomic mass is 9.73. The number of H-pyrrole nitrogens is 1. The van der Waals surface area contributed by atoms with Crippen LogP contribution < -0.4 is 4.90 Å². The fourth-order valence-electron chi connectivity index (χ4n) is 3.69. The molecule has 1 aliphatic carbocycles. The topological polar surface area (TPSA) is 61.9 Å². The molecule has 104 valence electrons. The lowest BCUT2D eigenvalue weighted by Crippen LogP contribution is -2.31. The Morgan fingerprint density at radius 2 is 2.05 bits per heavy atom. The van der Waals surface area contributed by atoms with Crippen LogP contribution in [0.3, 0.4) is 0 Å². The van der Waals surface area contributed by atoms with E-state index in [1.807, 2.05) is 12.3 Å². The van der Waals surface area contributed by atoms with Crippen LogP contribution in [0, 0.1) is 5.41 Å². The van der Waals surface area contributed by atoms with Crippen molar-refractivity contribution in [2.45, 2.75) is 32.1 Å². The number of nitrogens with zero attached hydrogens (tertiary/aromatic N) is 3. The fourth-order valence-corrected chi connectivity index (χ4v) is 3.69. The number of carbonyl (C=O) groups is 1. The van der Waals surface area contributed by atoms with E-state index in [2.05, 4.69) is 19.9 Å². The maximum absolute atomic E-state index is 11.5. The molecule has 2 aliphatic rings. The van der Waals surface area contributed by atoms with Gasteiger partial charge in [0.2, 0.25) is 0 Å². The Balaban J connectivity index is 1.62. The molecule has 0 amide bonds. The second-order valence-electron chi connectivity index (χ2n) is 6.15. The summed E-state index contributed by atoms with van der Waals surface area (Å²) >= 11 is 0. The van der Waals surface area contributed by atoms with Crippen molar-refractivity contribution in [3.63, 3.8) is 0 Å². The Kier molecular flexibility index (Phi) is 2.55. The Morgan fingerprint density at radius 1 is 1.20 bits per heavy atom. The molecule has 2 aromatic heterocycles. The molecular weight excluding hydrogens is 252 g/mol. The molecule has 1 saturated heterocycles. The number of anilines is 1. The van der Waals surface area contributed by atoms with Crippen LogP contribution in [0.2, 0.25) is 0 Å². The first kappa shape index (κ1) is 11.9. The van der Waals surface area contributed by atoms with Gasteiger partial charge in [-0.25, -0.2) is 9.97 Å². The summed E-state index contributed by atoms with van der Waals surface area (Å²) < 4.78 is 0. The number of carbonyl (C=O) groups excluding carboxylic acids is 1. The molecule has 0 bridgehead atoms. The van der Waals surface area contributed by atoms with E-state index in [1.54, 1.807) is 6.33 Å². The minimum absolute atomic E-state index is 0.335. The molecule has 5 heteroatoms. The number of rotatable bonds is 1. The average molecular weight is 270 g/mol. The third kappa shape index (κ3) is 1.80. The first-order valence-electron chi connectivity index (χ1n) is 7.31.